The maximum absolute atomic E-state index is 13.5. The van der Waals surface area contributed by atoms with E-state index in [2.05, 4.69) is 29.1 Å². The number of thiazole rings is 1. The maximum Gasteiger partial charge on any atom is 0.282 e. The molecule has 1 N–H and O–H groups in total. The third-order valence-electron chi connectivity index (χ3n) is 6.93. The van der Waals surface area contributed by atoms with Crippen molar-refractivity contribution < 1.29 is 18.0 Å². The first-order valence-electron chi connectivity index (χ1n) is 12.0. The Bertz CT molecular complexity index is 1240. The van der Waals surface area contributed by atoms with Crippen LogP contribution >= 0.6 is 11.3 Å². The summed E-state index contributed by atoms with van der Waals surface area (Å²) in [6.45, 7) is 9.13. The van der Waals surface area contributed by atoms with Crippen LogP contribution in [0.5, 0.6) is 0 Å². The lowest BCUT2D eigenvalue weighted by Gasteiger charge is -2.37. The Balaban J connectivity index is 1.68. The smallest absolute Gasteiger partial charge is 0.282 e. The van der Waals surface area contributed by atoms with E-state index in [4.69, 9.17) is 0 Å². The van der Waals surface area contributed by atoms with Crippen molar-refractivity contribution in [2.75, 3.05) is 31.2 Å². The molecule has 190 valence electrons. The van der Waals surface area contributed by atoms with Crippen molar-refractivity contribution >= 4 is 38.8 Å². The normalized spacial score (nSPS) is 19.5. The number of anilines is 1. The van der Waals surface area contributed by atoms with E-state index in [-0.39, 0.29) is 47.7 Å². The second-order valence-electron chi connectivity index (χ2n) is 9.69. The SMILES string of the molecule is CC[C@@H](C)Nc1cc(C)c(-c2sc(C(=O)N3CC(S(C)(=O)=O)C3)nc2C(=O)N2CCC[C@@H]2C)cn1. The third kappa shape index (κ3) is 5.20. The number of amides is 2. The van der Waals surface area contributed by atoms with E-state index in [1.807, 2.05) is 24.8 Å². The number of nitrogens with zero attached hydrogens (tertiary/aromatic N) is 4. The van der Waals surface area contributed by atoms with Crippen molar-refractivity contribution in [2.24, 2.45) is 0 Å². The van der Waals surface area contributed by atoms with Crippen LogP contribution in [0.15, 0.2) is 12.3 Å². The lowest BCUT2D eigenvalue weighted by molar-refractivity contribution is 0.0658. The molecular formula is C24H33N5O4S2. The van der Waals surface area contributed by atoms with Gasteiger partial charge in [-0.1, -0.05) is 6.92 Å². The van der Waals surface area contributed by atoms with Crippen molar-refractivity contribution in [3.8, 4) is 10.4 Å². The topological polar surface area (TPSA) is 113 Å². The number of rotatable bonds is 7. The highest BCUT2D eigenvalue weighted by molar-refractivity contribution is 7.91. The van der Waals surface area contributed by atoms with E-state index in [1.54, 1.807) is 6.20 Å². The Morgan fingerprint density at radius 1 is 1.29 bits per heavy atom. The van der Waals surface area contributed by atoms with Crippen molar-refractivity contribution in [3.05, 3.63) is 28.5 Å². The first-order valence-corrected chi connectivity index (χ1v) is 14.8. The molecule has 9 nitrogen and oxygen atoms in total. The van der Waals surface area contributed by atoms with Gasteiger partial charge >= 0.3 is 0 Å². The van der Waals surface area contributed by atoms with Gasteiger partial charge in [-0.05, 0) is 51.7 Å². The molecule has 2 aromatic rings. The summed E-state index contributed by atoms with van der Waals surface area (Å²) >= 11 is 1.17. The Hall–Kier alpha value is -2.53. The largest absolute Gasteiger partial charge is 0.368 e. The number of sulfone groups is 1. The number of hydrogen-bond acceptors (Lipinski definition) is 8. The van der Waals surface area contributed by atoms with E-state index in [9.17, 15) is 18.0 Å². The molecule has 0 unspecified atom stereocenters. The quantitative estimate of drug-likeness (QED) is 0.598. The molecule has 2 atom stereocenters. The predicted octanol–water partition coefficient (Wildman–Crippen LogP) is 3.22. The third-order valence-corrected chi connectivity index (χ3v) is 9.52. The Morgan fingerprint density at radius 3 is 2.57 bits per heavy atom. The molecule has 0 radical (unpaired) electrons. The van der Waals surface area contributed by atoms with E-state index in [1.165, 1.54) is 22.5 Å². The summed E-state index contributed by atoms with van der Waals surface area (Å²) in [5.41, 5.74) is 1.96. The number of pyridine rings is 1. The number of aryl methyl sites for hydroxylation is 1. The first-order chi connectivity index (χ1) is 16.5. The van der Waals surface area contributed by atoms with Crippen LogP contribution in [0.2, 0.25) is 0 Å². The van der Waals surface area contributed by atoms with Crippen LogP contribution in [-0.4, -0.2) is 83.2 Å². The first kappa shape index (κ1) is 25.6. The van der Waals surface area contributed by atoms with E-state index in [0.29, 0.717) is 11.4 Å². The van der Waals surface area contributed by atoms with Gasteiger partial charge in [-0.2, -0.15) is 0 Å². The van der Waals surface area contributed by atoms with Crippen molar-refractivity contribution in [1.29, 1.82) is 0 Å². The van der Waals surface area contributed by atoms with Gasteiger partial charge in [0.2, 0.25) is 0 Å². The summed E-state index contributed by atoms with van der Waals surface area (Å²) in [5, 5.41) is 3.01. The van der Waals surface area contributed by atoms with Gasteiger partial charge in [-0.15, -0.1) is 11.3 Å². The summed E-state index contributed by atoms with van der Waals surface area (Å²) in [5.74, 6) is 0.235. The summed E-state index contributed by atoms with van der Waals surface area (Å²) in [6, 6.07) is 2.34. The second kappa shape index (κ2) is 9.85. The minimum absolute atomic E-state index is 0.114. The molecule has 0 bridgehead atoms. The van der Waals surface area contributed by atoms with E-state index >= 15 is 0 Å². The zero-order valence-electron chi connectivity index (χ0n) is 20.9. The maximum atomic E-state index is 13.5. The van der Waals surface area contributed by atoms with Crippen LogP contribution in [-0.2, 0) is 9.84 Å². The molecular weight excluding hydrogens is 486 g/mol. The van der Waals surface area contributed by atoms with Crippen molar-refractivity contribution in [3.63, 3.8) is 0 Å². The van der Waals surface area contributed by atoms with E-state index in [0.717, 1.165) is 36.2 Å². The summed E-state index contributed by atoms with van der Waals surface area (Å²) < 4.78 is 23.5. The summed E-state index contributed by atoms with van der Waals surface area (Å²) in [6.07, 6.45) is 5.76. The van der Waals surface area contributed by atoms with Gasteiger partial charge in [0, 0.05) is 49.7 Å². The molecule has 2 aromatic heterocycles. The predicted molar refractivity (Wildman–Crippen MR) is 138 cm³/mol. The fraction of sp³-hybridized carbons (Fsp3) is 0.583. The Labute approximate surface area is 210 Å². The molecule has 2 fully saturated rings. The van der Waals surface area contributed by atoms with Gasteiger partial charge in [0.25, 0.3) is 11.8 Å². The molecule has 0 aromatic carbocycles. The lowest BCUT2D eigenvalue weighted by Crippen LogP contribution is -2.56. The molecule has 4 heterocycles. The van der Waals surface area contributed by atoms with Crippen LogP contribution in [0.25, 0.3) is 10.4 Å². The molecule has 4 rings (SSSR count). The van der Waals surface area contributed by atoms with Crippen molar-refractivity contribution in [2.45, 2.75) is 64.3 Å². The fourth-order valence-corrected chi connectivity index (χ4v) is 6.35. The highest BCUT2D eigenvalue weighted by Gasteiger charge is 2.39. The zero-order valence-corrected chi connectivity index (χ0v) is 22.5. The van der Waals surface area contributed by atoms with Crippen LogP contribution < -0.4 is 5.32 Å². The van der Waals surface area contributed by atoms with Gasteiger partial charge in [-0.3, -0.25) is 9.59 Å². The molecule has 35 heavy (non-hydrogen) atoms. The van der Waals surface area contributed by atoms with Crippen LogP contribution in [0, 0.1) is 6.92 Å². The molecule has 0 aliphatic carbocycles. The Morgan fingerprint density at radius 2 is 2.00 bits per heavy atom. The van der Waals surface area contributed by atoms with Crippen LogP contribution in [0.3, 0.4) is 0 Å². The van der Waals surface area contributed by atoms with Crippen LogP contribution in [0.1, 0.15) is 65.9 Å². The minimum atomic E-state index is -3.20. The molecule has 2 saturated heterocycles. The highest BCUT2D eigenvalue weighted by Crippen LogP contribution is 2.36. The monoisotopic (exact) mass is 519 g/mol. The molecule has 2 aliphatic heterocycles. The Kier molecular flexibility index (Phi) is 7.19. The number of aromatic nitrogens is 2. The number of likely N-dealkylation sites (tertiary alicyclic amines) is 2. The zero-order chi connectivity index (χ0) is 25.5. The lowest BCUT2D eigenvalue weighted by atomic mass is 10.1. The van der Waals surface area contributed by atoms with E-state index < -0.39 is 15.1 Å². The minimum Gasteiger partial charge on any atom is -0.368 e. The highest BCUT2D eigenvalue weighted by atomic mass is 32.2. The number of hydrogen-bond donors (Lipinski definition) is 1. The number of carbonyl (C=O) groups is 2. The fourth-order valence-electron chi connectivity index (χ4n) is 4.35. The van der Waals surface area contributed by atoms with Crippen LogP contribution in [0.4, 0.5) is 5.82 Å². The van der Waals surface area contributed by atoms with Gasteiger partial charge in [0.1, 0.15) is 11.5 Å². The molecule has 0 saturated carbocycles. The van der Waals surface area contributed by atoms with Gasteiger partial charge in [0.15, 0.2) is 14.8 Å². The number of nitrogens with one attached hydrogen (secondary N) is 1. The van der Waals surface area contributed by atoms with Gasteiger partial charge in [0.05, 0.1) is 10.1 Å². The second-order valence-corrected chi connectivity index (χ2v) is 13.0. The number of carbonyl (C=O) groups excluding carboxylic acids is 2. The van der Waals surface area contributed by atoms with Gasteiger partial charge < -0.3 is 15.1 Å². The average molecular weight is 520 g/mol. The molecule has 11 heteroatoms. The summed E-state index contributed by atoms with van der Waals surface area (Å²) in [7, 11) is -3.20. The van der Waals surface area contributed by atoms with Gasteiger partial charge in [-0.25, -0.2) is 18.4 Å². The summed E-state index contributed by atoms with van der Waals surface area (Å²) in [4.78, 5) is 39.6. The molecule has 2 amide bonds. The molecule has 2 aliphatic rings. The van der Waals surface area contributed by atoms with Crippen molar-refractivity contribution in [1.82, 2.24) is 19.8 Å². The molecule has 0 spiro atoms. The standard InChI is InChI=1S/C24H33N5O4S2/c1-6-15(3)26-19-10-14(2)18(11-25-19)21-20(23(30)29-9-7-8-16(29)4)27-22(34-21)24(31)28-12-17(13-28)35(5,32)33/h10-11,15-17H,6-9,12-13H2,1-5H3,(H,25,26)/t15-,16+/m1/s1. The average Bonchev–Trinajstić information content (AvgIpc) is 3.37.